The molecule has 86 valence electrons. The molecule has 1 saturated heterocycles. The van der Waals surface area contributed by atoms with Gasteiger partial charge in [0, 0.05) is 31.5 Å². The van der Waals surface area contributed by atoms with Crippen LogP contribution in [0.4, 0.5) is 0 Å². The van der Waals surface area contributed by atoms with Crippen LogP contribution in [0.25, 0.3) is 0 Å². The molecule has 0 saturated carbocycles. The molecule has 16 heavy (non-hydrogen) atoms. The summed E-state index contributed by atoms with van der Waals surface area (Å²) in [5.74, 6) is 0.523. The van der Waals surface area contributed by atoms with E-state index in [0.29, 0.717) is 11.5 Å². The van der Waals surface area contributed by atoms with E-state index in [2.05, 4.69) is 9.98 Å². The van der Waals surface area contributed by atoms with Crippen molar-refractivity contribution in [2.75, 3.05) is 13.2 Å². The van der Waals surface area contributed by atoms with Crippen molar-refractivity contribution in [3.05, 3.63) is 24.1 Å². The van der Waals surface area contributed by atoms with E-state index in [1.807, 2.05) is 16.8 Å². The second kappa shape index (κ2) is 5.18. The molecule has 2 rings (SSSR count). The molecule has 6 heteroatoms. The first-order valence-corrected chi connectivity index (χ1v) is 5.60. The van der Waals surface area contributed by atoms with E-state index >= 15 is 0 Å². The lowest BCUT2D eigenvalue weighted by atomic mass is 10.1. The Kier molecular flexibility index (Phi) is 3.63. The molecule has 1 fully saturated rings. The molecule has 2 heterocycles. The van der Waals surface area contributed by atoms with E-state index in [1.165, 1.54) is 0 Å². The Morgan fingerprint density at radius 3 is 3.31 bits per heavy atom. The summed E-state index contributed by atoms with van der Waals surface area (Å²) < 4.78 is 7.29. The summed E-state index contributed by atoms with van der Waals surface area (Å²) >= 11 is 4.75. The molecule has 0 spiro atoms. The Labute approximate surface area is 99.0 Å². The van der Waals surface area contributed by atoms with Crippen molar-refractivity contribution in [1.29, 1.82) is 0 Å². The maximum atomic E-state index is 5.39. The SMILES string of the molecule is NC(=S)/N=c1\ncccn1CC1CCOC1. The Morgan fingerprint density at radius 1 is 1.75 bits per heavy atom. The van der Waals surface area contributed by atoms with Gasteiger partial charge in [-0.25, -0.2) is 4.98 Å². The quantitative estimate of drug-likeness (QED) is 0.740. The van der Waals surface area contributed by atoms with Crippen molar-refractivity contribution >= 4 is 17.3 Å². The topological polar surface area (TPSA) is 65.4 Å². The molecule has 1 atom stereocenters. The smallest absolute Gasteiger partial charge is 0.232 e. The molecule has 0 radical (unpaired) electrons. The van der Waals surface area contributed by atoms with Gasteiger partial charge in [-0.2, -0.15) is 4.99 Å². The lowest BCUT2D eigenvalue weighted by Gasteiger charge is -2.10. The highest BCUT2D eigenvalue weighted by atomic mass is 32.1. The summed E-state index contributed by atoms with van der Waals surface area (Å²) in [6, 6.07) is 1.87. The number of hydrogen-bond acceptors (Lipinski definition) is 3. The molecule has 2 N–H and O–H groups in total. The molecule has 1 aromatic heterocycles. The highest BCUT2D eigenvalue weighted by molar-refractivity contribution is 7.80. The predicted octanol–water partition coefficient (Wildman–Crippen LogP) is 0.0639. The second-order valence-corrected chi connectivity index (χ2v) is 4.17. The van der Waals surface area contributed by atoms with Crippen molar-refractivity contribution in [2.45, 2.75) is 13.0 Å². The minimum Gasteiger partial charge on any atom is -0.381 e. The number of nitrogens with two attached hydrogens (primary N) is 1. The number of ether oxygens (including phenoxy) is 1. The van der Waals surface area contributed by atoms with Gasteiger partial charge in [-0.15, -0.1) is 0 Å². The zero-order chi connectivity index (χ0) is 11.4. The van der Waals surface area contributed by atoms with E-state index in [1.54, 1.807) is 6.20 Å². The first-order valence-electron chi connectivity index (χ1n) is 5.19. The fraction of sp³-hybridized carbons (Fsp3) is 0.500. The molecule has 1 aliphatic rings. The molecule has 0 amide bonds. The van der Waals surface area contributed by atoms with Gasteiger partial charge < -0.3 is 15.0 Å². The van der Waals surface area contributed by atoms with Crippen LogP contribution in [0.3, 0.4) is 0 Å². The first-order chi connectivity index (χ1) is 7.75. The van der Waals surface area contributed by atoms with Gasteiger partial charge in [0.15, 0.2) is 5.11 Å². The molecular weight excluding hydrogens is 224 g/mol. The predicted molar refractivity (Wildman–Crippen MR) is 63.5 cm³/mol. The fourth-order valence-corrected chi connectivity index (χ4v) is 1.81. The fourth-order valence-electron chi connectivity index (χ4n) is 1.73. The third-order valence-electron chi connectivity index (χ3n) is 2.49. The van der Waals surface area contributed by atoms with Gasteiger partial charge in [0.2, 0.25) is 5.62 Å². The monoisotopic (exact) mass is 238 g/mol. The van der Waals surface area contributed by atoms with Crippen LogP contribution in [0.5, 0.6) is 0 Å². The van der Waals surface area contributed by atoms with Crippen molar-refractivity contribution in [3.8, 4) is 0 Å². The van der Waals surface area contributed by atoms with E-state index in [4.69, 9.17) is 22.7 Å². The number of nitrogens with zero attached hydrogens (tertiary/aromatic N) is 3. The first kappa shape index (κ1) is 11.2. The summed E-state index contributed by atoms with van der Waals surface area (Å²) in [6.07, 6.45) is 4.69. The highest BCUT2D eigenvalue weighted by Crippen LogP contribution is 2.13. The maximum absolute atomic E-state index is 5.39. The molecular formula is C10H14N4OS. The minimum atomic E-state index is 0.107. The van der Waals surface area contributed by atoms with Gasteiger partial charge in [-0.3, -0.25) is 0 Å². The minimum absolute atomic E-state index is 0.107. The summed E-state index contributed by atoms with van der Waals surface area (Å²) in [7, 11) is 0. The van der Waals surface area contributed by atoms with E-state index in [0.717, 1.165) is 26.2 Å². The second-order valence-electron chi connectivity index (χ2n) is 3.75. The van der Waals surface area contributed by atoms with Gasteiger partial charge >= 0.3 is 0 Å². The van der Waals surface area contributed by atoms with Crippen LogP contribution in [-0.2, 0) is 11.3 Å². The molecule has 0 aliphatic carbocycles. The summed E-state index contributed by atoms with van der Waals surface area (Å²) in [5.41, 5.74) is 5.95. The van der Waals surface area contributed by atoms with Crippen LogP contribution < -0.4 is 11.4 Å². The van der Waals surface area contributed by atoms with Gasteiger partial charge in [0.25, 0.3) is 0 Å². The summed E-state index contributed by atoms with van der Waals surface area (Å²) in [5, 5.41) is 0.107. The van der Waals surface area contributed by atoms with Crippen LogP contribution in [-0.4, -0.2) is 27.9 Å². The lowest BCUT2D eigenvalue weighted by molar-refractivity contribution is 0.182. The van der Waals surface area contributed by atoms with E-state index < -0.39 is 0 Å². The third-order valence-corrected chi connectivity index (χ3v) is 2.58. The van der Waals surface area contributed by atoms with Gasteiger partial charge in [0.05, 0.1) is 6.61 Å². The van der Waals surface area contributed by atoms with Crippen molar-refractivity contribution in [1.82, 2.24) is 9.55 Å². The van der Waals surface area contributed by atoms with Crippen molar-refractivity contribution in [3.63, 3.8) is 0 Å². The van der Waals surface area contributed by atoms with E-state index in [9.17, 15) is 0 Å². The lowest BCUT2D eigenvalue weighted by Crippen LogP contribution is -2.29. The summed E-state index contributed by atoms with van der Waals surface area (Å²) in [4.78, 5) is 8.17. The molecule has 1 aliphatic heterocycles. The molecule has 5 nitrogen and oxygen atoms in total. The normalized spacial score (nSPS) is 21.2. The van der Waals surface area contributed by atoms with Gasteiger partial charge in [-0.1, -0.05) is 0 Å². The summed E-state index contributed by atoms with van der Waals surface area (Å²) in [6.45, 7) is 2.48. The third kappa shape index (κ3) is 2.86. The Bertz CT molecular complexity index is 436. The van der Waals surface area contributed by atoms with Crippen molar-refractivity contribution in [2.24, 2.45) is 16.6 Å². The van der Waals surface area contributed by atoms with Gasteiger partial charge in [-0.05, 0) is 24.7 Å². The van der Waals surface area contributed by atoms with Crippen LogP contribution in [0.2, 0.25) is 0 Å². The van der Waals surface area contributed by atoms with Crippen LogP contribution in [0.1, 0.15) is 6.42 Å². The number of rotatable bonds is 2. The van der Waals surface area contributed by atoms with Crippen LogP contribution in [0, 0.1) is 5.92 Å². The molecule has 0 aromatic carbocycles. The van der Waals surface area contributed by atoms with Crippen LogP contribution in [0.15, 0.2) is 23.5 Å². The standard InChI is InChI=1S/C10H14N4OS/c11-9(16)13-10-12-3-1-4-14(10)6-8-2-5-15-7-8/h1,3-4,8H,2,5-7H2,(H2,11,16)/b13-10+. The van der Waals surface area contributed by atoms with E-state index in [-0.39, 0.29) is 5.11 Å². The maximum Gasteiger partial charge on any atom is 0.232 e. The zero-order valence-corrected chi connectivity index (χ0v) is 9.69. The highest BCUT2D eigenvalue weighted by Gasteiger charge is 2.16. The molecule has 1 unspecified atom stereocenters. The van der Waals surface area contributed by atoms with Crippen LogP contribution >= 0.6 is 12.2 Å². The Hall–Kier alpha value is -1.27. The largest absolute Gasteiger partial charge is 0.381 e. The molecule has 0 bridgehead atoms. The van der Waals surface area contributed by atoms with Crippen molar-refractivity contribution < 1.29 is 4.74 Å². The van der Waals surface area contributed by atoms with Gasteiger partial charge in [0.1, 0.15) is 0 Å². The number of hydrogen-bond donors (Lipinski definition) is 1. The zero-order valence-electron chi connectivity index (χ0n) is 8.87. The average molecular weight is 238 g/mol. The number of thiocarbonyl (C=S) groups is 1. The number of aromatic nitrogens is 2. The molecule has 1 aromatic rings. The Morgan fingerprint density at radius 2 is 2.62 bits per heavy atom. The average Bonchev–Trinajstić information content (AvgIpc) is 2.73. The Balaban J connectivity index is 2.22.